The average Bonchev–Trinajstić information content (AvgIpc) is 3.11. The molecular formula is C22H26N4O2. The summed E-state index contributed by atoms with van der Waals surface area (Å²) in [5.41, 5.74) is 3.66. The minimum atomic E-state index is 0.318. The van der Waals surface area contributed by atoms with E-state index >= 15 is 0 Å². The Morgan fingerprint density at radius 3 is 2.46 bits per heavy atom. The number of hydrogen-bond donors (Lipinski definition) is 0. The molecule has 0 saturated carbocycles. The Morgan fingerprint density at radius 2 is 1.71 bits per heavy atom. The van der Waals surface area contributed by atoms with E-state index in [0.29, 0.717) is 18.4 Å². The van der Waals surface area contributed by atoms with E-state index in [4.69, 9.17) is 14.1 Å². The first kappa shape index (κ1) is 18.5. The first-order valence-corrected chi connectivity index (χ1v) is 9.86. The molecule has 146 valence electrons. The molecule has 1 saturated heterocycles. The summed E-state index contributed by atoms with van der Waals surface area (Å²) < 4.78 is 11.9. The molecule has 0 aliphatic carbocycles. The molecule has 0 unspecified atom stereocenters. The quantitative estimate of drug-likeness (QED) is 0.645. The van der Waals surface area contributed by atoms with E-state index in [1.165, 1.54) is 19.3 Å². The maximum atomic E-state index is 6.06. The van der Waals surface area contributed by atoms with Crippen LogP contribution >= 0.6 is 0 Å². The molecular weight excluding hydrogens is 352 g/mol. The van der Waals surface area contributed by atoms with Crippen LogP contribution in [0.1, 0.15) is 42.0 Å². The van der Waals surface area contributed by atoms with Gasteiger partial charge in [-0.05, 0) is 52.2 Å². The summed E-state index contributed by atoms with van der Waals surface area (Å²) in [4.78, 5) is 16.2. The van der Waals surface area contributed by atoms with Gasteiger partial charge in [0.1, 0.15) is 18.1 Å². The summed E-state index contributed by atoms with van der Waals surface area (Å²) in [6, 6.07) is 9.89. The lowest BCUT2D eigenvalue weighted by molar-refractivity contribution is 0.284. The van der Waals surface area contributed by atoms with Crippen molar-refractivity contribution in [3.63, 3.8) is 0 Å². The first-order chi connectivity index (χ1) is 13.6. The third-order valence-corrected chi connectivity index (χ3v) is 5.23. The summed E-state index contributed by atoms with van der Waals surface area (Å²) in [7, 11) is 0. The highest BCUT2D eigenvalue weighted by molar-refractivity contribution is 5.53. The molecule has 1 aromatic carbocycles. The van der Waals surface area contributed by atoms with Crippen molar-refractivity contribution in [3.8, 4) is 17.3 Å². The summed E-state index contributed by atoms with van der Waals surface area (Å²) in [5, 5.41) is 0. The van der Waals surface area contributed by atoms with Crippen LogP contribution in [-0.4, -0.2) is 28.0 Å². The summed E-state index contributed by atoms with van der Waals surface area (Å²) in [5.74, 6) is 2.76. The van der Waals surface area contributed by atoms with Gasteiger partial charge in [0.25, 0.3) is 0 Å². The van der Waals surface area contributed by atoms with Crippen molar-refractivity contribution >= 4 is 5.95 Å². The molecule has 4 rings (SSSR count). The Labute approximate surface area is 165 Å². The van der Waals surface area contributed by atoms with E-state index < -0.39 is 0 Å². The SMILES string of the molecule is Cc1nc(N2CCCCC2)nc(OCc2nc(-c3ccccc3)oc2C)c1C. The van der Waals surface area contributed by atoms with Crippen molar-refractivity contribution in [2.45, 2.75) is 46.6 Å². The predicted molar refractivity (Wildman–Crippen MR) is 109 cm³/mol. The Bertz CT molecular complexity index is 947. The van der Waals surface area contributed by atoms with Gasteiger partial charge in [-0.3, -0.25) is 0 Å². The highest BCUT2D eigenvalue weighted by atomic mass is 16.5. The van der Waals surface area contributed by atoms with Gasteiger partial charge >= 0.3 is 0 Å². The third kappa shape index (κ3) is 3.86. The number of benzene rings is 1. The summed E-state index contributed by atoms with van der Waals surface area (Å²) in [6.45, 7) is 8.24. The van der Waals surface area contributed by atoms with Crippen molar-refractivity contribution in [2.75, 3.05) is 18.0 Å². The number of nitrogens with zero attached hydrogens (tertiary/aromatic N) is 4. The molecule has 2 aromatic heterocycles. The first-order valence-electron chi connectivity index (χ1n) is 9.86. The second kappa shape index (κ2) is 8.00. The highest BCUT2D eigenvalue weighted by Crippen LogP contribution is 2.26. The van der Waals surface area contributed by atoms with Crippen LogP contribution in [0.2, 0.25) is 0 Å². The van der Waals surface area contributed by atoms with Gasteiger partial charge in [0.15, 0.2) is 0 Å². The van der Waals surface area contributed by atoms with Crippen LogP contribution in [0.15, 0.2) is 34.7 Å². The molecule has 0 bridgehead atoms. The average molecular weight is 378 g/mol. The van der Waals surface area contributed by atoms with Crippen LogP contribution in [0.4, 0.5) is 5.95 Å². The third-order valence-electron chi connectivity index (χ3n) is 5.23. The number of aromatic nitrogens is 3. The van der Waals surface area contributed by atoms with Crippen LogP contribution in [0.5, 0.6) is 5.88 Å². The highest BCUT2D eigenvalue weighted by Gasteiger charge is 2.18. The zero-order chi connectivity index (χ0) is 19.5. The van der Waals surface area contributed by atoms with E-state index in [-0.39, 0.29) is 0 Å². The van der Waals surface area contributed by atoms with Crippen molar-refractivity contribution in [1.29, 1.82) is 0 Å². The van der Waals surface area contributed by atoms with Crippen LogP contribution < -0.4 is 9.64 Å². The molecule has 1 aliphatic rings. The van der Waals surface area contributed by atoms with E-state index in [0.717, 1.165) is 47.3 Å². The van der Waals surface area contributed by atoms with Crippen molar-refractivity contribution in [2.24, 2.45) is 0 Å². The number of piperidine rings is 1. The van der Waals surface area contributed by atoms with Gasteiger partial charge in [-0.25, -0.2) is 9.97 Å². The van der Waals surface area contributed by atoms with E-state index in [2.05, 4.69) is 14.9 Å². The van der Waals surface area contributed by atoms with E-state index in [1.54, 1.807) is 0 Å². The second-order valence-corrected chi connectivity index (χ2v) is 7.26. The van der Waals surface area contributed by atoms with E-state index in [9.17, 15) is 0 Å². The number of aryl methyl sites for hydroxylation is 2. The maximum Gasteiger partial charge on any atom is 0.228 e. The van der Waals surface area contributed by atoms with Gasteiger partial charge in [0.05, 0.1) is 0 Å². The minimum Gasteiger partial charge on any atom is -0.471 e. The van der Waals surface area contributed by atoms with Crippen molar-refractivity contribution in [1.82, 2.24) is 15.0 Å². The Balaban J connectivity index is 1.53. The molecule has 6 heteroatoms. The van der Waals surface area contributed by atoms with Gasteiger partial charge in [-0.15, -0.1) is 0 Å². The molecule has 6 nitrogen and oxygen atoms in total. The molecule has 0 N–H and O–H groups in total. The van der Waals surface area contributed by atoms with Gasteiger partial charge in [-0.2, -0.15) is 4.98 Å². The molecule has 1 fully saturated rings. The molecule has 0 radical (unpaired) electrons. The maximum absolute atomic E-state index is 6.06. The fourth-order valence-electron chi connectivity index (χ4n) is 3.37. The Morgan fingerprint density at radius 1 is 0.964 bits per heavy atom. The van der Waals surface area contributed by atoms with Crippen molar-refractivity contribution < 1.29 is 9.15 Å². The Kier molecular flexibility index (Phi) is 5.28. The van der Waals surface area contributed by atoms with Crippen LogP contribution in [0.25, 0.3) is 11.5 Å². The topological polar surface area (TPSA) is 64.3 Å². The normalized spacial score (nSPS) is 14.3. The fourth-order valence-corrected chi connectivity index (χ4v) is 3.37. The fraction of sp³-hybridized carbons (Fsp3) is 0.409. The lowest BCUT2D eigenvalue weighted by Gasteiger charge is -2.27. The zero-order valence-electron chi connectivity index (χ0n) is 16.7. The van der Waals surface area contributed by atoms with Crippen LogP contribution in [0, 0.1) is 20.8 Å². The molecule has 0 atom stereocenters. The second-order valence-electron chi connectivity index (χ2n) is 7.26. The number of rotatable bonds is 5. The molecule has 0 spiro atoms. The lowest BCUT2D eigenvalue weighted by atomic mass is 10.1. The van der Waals surface area contributed by atoms with Crippen LogP contribution in [0.3, 0.4) is 0 Å². The molecule has 3 aromatic rings. The minimum absolute atomic E-state index is 0.318. The molecule has 3 heterocycles. The van der Waals surface area contributed by atoms with Gasteiger partial charge in [-0.1, -0.05) is 18.2 Å². The van der Waals surface area contributed by atoms with Crippen LogP contribution in [-0.2, 0) is 6.61 Å². The smallest absolute Gasteiger partial charge is 0.228 e. The number of oxazole rings is 1. The van der Waals surface area contributed by atoms with Gasteiger partial charge < -0.3 is 14.1 Å². The molecule has 28 heavy (non-hydrogen) atoms. The monoisotopic (exact) mass is 378 g/mol. The number of hydrogen-bond acceptors (Lipinski definition) is 6. The Hall–Kier alpha value is -2.89. The predicted octanol–water partition coefficient (Wildman–Crippen LogP) is 4.63. The van der Waals surface area contributed by atoms with Gasteiger partial charge in [0.2, 0.25) is 17.7 Å². The van der Waals surface area contributed by atoms with Crippen molar-refractivity contribution in [3.05, 3.63) is 53.0 Å². The lowest BCUT2D eigenvalue weighted by Crippen LogP contribution is -2.31. The summed E-state index contributed by atoms with van der Waals surface area (Å²) in [6.07, 6.45) is 3.65. The van der Waals surface area contributed by atoms with Gasteiger partial charge in [0, 0.05) is 29.9 Å². The molecule has 0 amide bonds. The largest absolute Gasteiger partial charge is 0.471 e. The standard InChI is InChI=1S/C22H26N4O2/c1-15-16(2)23-22(26-12-8-5-9-13-26)25-20(15)27-14-19-17(3)28-21(24-19)18-10-6-4-7-11-18/h4,6-7,10-11H,5,8-9,12-14H2,1-3H3. The number of ether oxygens (including phenoxy) is 1. The summed E-state index contributed by atoms with van der Waals surface area (Å²) >= 11 is 0. The number of anilines is 1. The molecule has 1 aliphatic heterocycles. The zero-order valence-corrected chi connectivity index (χ0v) is 16.7. The van der Waals surface area contributed by atoms with E-state index in [1.807, 2.05) is 51.1 Å².